The maximum atomic E-state index is 14.0. The second kappa shape index (κ2) is 35.3. The highest BCUT2D eigenvalue weighted by molar-refractivity contribution is 7.14. The van der Waals surface area contributed by atoms with E-state index >= 15 is 0 Å². The minimum absolute atomic E-state index is 0.0437. The third kappa shape index (κ3) is 17.4. The fourth-order valence-corrected chi connectivity index (χ4v) is 19.2. The van der Waals surface area contributed by atoms with Gasteiger partial charge >= 0.3 is 0 Å². The van der Waals surface area contributed by atoms with Crippen molar-refractivity contribution in [2.45, 2.75) is 182 Å². The third-order valence-electron chi connectivity index (χ3n) is 22.7. The lowest BCUT2D eigenvalue weighted by Crippen LogP contribution is -2.60. The van der Waals surface area contributed by atoms with E-state index in [1.54, 1.807) is 77.6 Å². The Balaban J connectivity index is 0.000000149. The Hall–Kier alpha value is -10.2. The summed E-state index contributed by atoms with van der Waals surface area (Å²) in [6.07, 6.45) is -1.10. The number of thiazole rings is 3. The molecule has 26 heteroatoms. The zero-order chi connectivity index (χ0) is 81.0. The molecule has 23 nitrogen and oxygen atoms in total. The van der Waals surface area contributed by atoms with E-state index in [4.69, 9.17) is 5.73 Å². The number of nitrogens with one attached hydrogen (secondary N) is 2. The lowest BCUT2D eigenvalue weighted by molar-refractivity contribution is -0.148. The molecule has 596 valence electrons. The summed E-state index contributed by atoms with van der Waals surface area (Å²) in [7, 11) is 0. The van der Waals surface area contributed by atoms with Gasteiger partial charge < -0.3 is 61.1 Å². The van der Waals surface area contributed by atoms with Crippen LogP contribution in [-0.2, 0) is 58.4 Å². The summed E-state index contributed by atoms with van der Waals surface area (Å²) < 4.78 is 0. The van der Waals surface area contributed by atoms with Gasteiger partial charge in [-0.3, -0.25) is 38.6 Å². The van der Waals surface area contributed by atoms with Crippen molar-refractivity contribution in [2.75, 3.05) is 26.2 Å². The molecule has 7 N–H and O–H groups in total. The number of fused-ring (bicyclic) bond motifs is 3. The highest BCUT2D eigenvalue weighted by Gasteiger charge is 2.53. The number of amides is 7. The van der Waals surface area contributed by atoms with Crippen LogP contribution in [0.4, 0.5) is 0 Å². The Morgan fingerprint density at radius 2 is 0.895 bits per heavy atom. The predicted molar refractivity (Wildman–Crippen MR) is 444 cm³/mol. The number of aromatic nitrogens is 3. The molecule has 0 aliphatic carbocycles. The molecule has 0 spiro atoms. The van der Waals surface area contributed by atoms with Crippen molar-refractivity contribution in [2.24, 2.45) is 28.5 Å². The van der Waals surface area contributed by atoms with Gasteiger partial charge in [-0.25, -0.2) is 15.0 Å². The van der Waals surface area contributed by atoms with Crippen LogP contribution in [0.15, 0.2) is 167 Å². The number of aliphatic hydroxyl groups excluding tert-OH is 3. The lowest BCUT2D eigenvalue weighted by Gasteiger charge is -2.39. The summed E-state index contributed by atoms with van der Waals surface area (Å²) in [4.78, 5) is 126. The van der Waals surface area contributed by atoms with Crippen molar-refractivity contribution in [1.82, 2.24) is 55.0 Å². The molecule has 0 saturated carbocycles. The number of carbonyl (C=O) groups excluding carboxylic acids is 7. The first-order chi connectivity index (χ1) is 54.7. The normalized spacial score (nSPS) is 20.6. The van der Waals surface area contributed by atoms with Gasteiger partial charge in [-0.05, 0) is 120 Å². The maximum absolute atomic E-state index is 14.0. The van der Waals surface area contributed by atoms with E-state index in [9.17, 15) is 48.9 Å². The molecule has 114 heavy (non-hydrogen) atoms. The molecule has 6 aliphatic heterocycles. The van der Waals surface area contributed by atoms with Gasteiger partial charge in [-0.1, -0.05) is 169 Å². The topological polar surface area (TPSA) is 301 Å². The number of nitrogens with two attached hydrogens (primary N) is 1. The number of aliphatic hydroxyl groups is 3. The van der Waals surface area contributed by atoms with Crippen LogP contribution in [-0.4, -0.2) is 187 Å². The number of likely N-dealkylation sites (tertiary alicyclic amines) is 3. The van der Waals surface area contributed by atoms with Crippen molar-refractivity contribution >= 4 is 81.2 Å². The van der Waals surface area contributed by atoms with Crippen LogP contribution in [0, 0.1) is 38.5 Å². The molecule has 0 bridgehead atoms. The molecule has 1 unspecified atom stereocenters. The average Bonchev–Trinajstić information content (AvgIpc) is 1.61. The Kier molecular flexibility index (Phi) is 25.3. The highest BCUT2D eigenvalue weighted by atomic mass is 32.1. The van der Waals surface area contributed by atoms with Crippen molar-refractivity contribution in [3.63, 3.8) is 0 Å². The summed E-state index contributed by atoms with van der Waals surface area (Å²) in [6.45, 7) is 23.0. The molecule has 6 aromatic carbocycles. The number of carbonyl (C=O) groups is 7. The van der Waals surface area contributed by atoms with Crippen LogP contribution in [0.1, 0.15) is 149 Å². The van der Waals surface area contributed by atoms with E-state index in [1.807, 2.05) is 176 Å². The number of rotatable bonds is 22. The van der Waals surface area contributed by atoms with Gasteiger partial charge in [0.25, 0.3) is 17.7 Å². The van der Waals surface area contributed by atoms with Gasteiger partial charge in [-0.15, -0.1) is 34.0 Å². The number of nitrogens with zero attached hydrogens (tertiary/aromatic N) is 10. The van der Waals surface area contributed by atoms with Crippen LogP contribution >= 0.6 is 34.0 Å². The standard InChI is InChI=1S/C30H34N4O4S.C29H33N5O3S.C29H34N4O3S/c1-18(2)25(33-15-22-7-5-6-8-24(22)27(33)36)28(37)34-16-23(35)13-30(34,4)29(38)31-14-20-9-11-21(12-10-20)26-19(3)32-17-39-26;1-17(2)25(34-14-21-6-4-5-7-23(21)28(34)36)29(37)33-15-22(35)12-24(33)27(30)31-13-19-8-10-20(11-9-19)26-18(3)32-16-38-26;1-18(2)26(33-15-22-6-4-5-7-25(22)28(33)35)29(36)32-16-24(34)12-23(32)14-30-13-20-8-10-21(11-9-20)27-19(3)31-17-37-27/h5-12,17-18,23,25,35H,13-16H2,1-4H3,(H,31,38);4-11,16-17,22,24-25,35H,12-15H2,1-3H3,(H2,30,31);4-11,17-18,23-24,26,30,34H,12-16H2,1-3H3/t23-,25+,30?;22-,24+,25+;23-,24+,26-/m110/s1. The molecular weight excluding hydrogens is 1500 g/mol. The van der Waals surface area contributed by atoms with Gasteiger partial charge in [-0.2, -0.15) is 0 Å². The zero-order valence-electron chi connectivity index (χ0n) is 66.1. The number of β-amino-alcohol motifs (C(OH)–C–C–N with tert-alkyl or cyclic N) is 3. The molecule has 3 aromatic heterocycles. The van der Waals surface area contributed by atoms with Gasteiger partial charge in [0.15, 0.2) is 0 Å². The average molecular weight is 1600 g/mol. The second-order valence-corrected chi connectivity index (χ2v) is 34.4. The first kappa shape index (κ1) is 81.8. The summed E-state index contributed by atoms with van der Waals surface area (Å²) in [5.41, 5.74) is 24.9. The Bertz CT molecular complexity index is 5020. The Morgan fingerprint density at radius 1 is 0.509 bits per heavy atom. The number of aliphatic imine (C=N–C) groups is 1. The van der Waals surface area contributed by atoms with Crippen LogP contribution in [0.3, 0.4) is 0 Å². The predicted octanol–water partition coefficient (Wildman–Crippen LogP) is 11.2. The SMILES string of the molecule is Cc1ncsc1-c1ccc(CN=C(N)[C@@H]2C[C@@H](O)CN2C(=O)[C@H](C(C)C)N2Cc3ccccc3C2=O)cc1.Cc1ncsc1-c1ccc(CNC(=O)C2(C)C[C@@H](O)CN2C(=O)[C@H](C(C)C)N2Cc3ccccc3C2=O)cc1.Cc1ncsc1-c1ccc(CNC[C@@H]2C[C@@H](O)CN2C(=O)[C@H](C(C)C)N2Cc3ccccc3C2=O)cc1. The highest BCUT2D eigenvalue weighted by Crippen LogP contribution is 2.38. The zero-order valence-corrected chi connectivity index (χ0v) is 68.6. The number of amidine groups is 1. The minimum Gasteiger partial charge on any atom is -0.391 e. The molecule has 15 rings (SSSR count). The molecule has 0 radical (unpaired) electrons. The first-order valence-corrected chi connectivity index (χ1v) is 41.7. The number of aryl methyl sites for hydroxylation is 3. The Labute approximate surface area is 678 Å². The number of benzene rings is 6. The maximum Gasteiger partial charge on any atom is 0.255 e. The first-order valence-electron chi connectivity index (χ1n) is 39.1. The number of hydrogen-bond donors (Lipinski definition) is 6. The summed E-state index contributed by atoms with van der Waals surface area (Å²) in [5.74, 6) is -1.35. The smallest absolute Gasteiger partial charge is 0.255 e. The fraction of sp³-hybridized carbons (Fsp3) is 0.398. The van der Waals surface area contributed by atoms with Gasteiger partial charge in [0.2, 0.25) is 23.6 Å². The van der Waals surface area contributed by atoms with Gasteiger partial charge in [0.05, 0.1) is 79.1 Å². The van der Waals surface area contributed by atoms with Crippen molar-refractivity contribution in [3.8, 4) is 31.3 Å². The largest absolute Gasteiger partial charge is 0.391 e. The molecule has 9 atom stereocenters. The van der Waals surface area contributed by atoms with Crippen molar-refractivity contribution in [1.29, 1.82) is 0 Å². The quantitative estimate of drug-likeness (QED) is 0.0271. The van der Waals surface area contributed by atoms with Crippen LogP contribution < -0.4 is 16.4 Å². The Morgan fingerprint density at radius 3 is 1.31 bits per heavy atom. The van der Waals surface area contributed by atoms with Crippen LogP contribution in [0.5, 0.6) is 0 Å². The monoisotopic (exact) mass is 1600 g/mol. The van der Waals surface area contributed by atoms with Gasteiger partial charge in [0, 0.05) is 94.5 Å². The molecular formula is C88H101N13O10S3. The van der Waals surface area contributed by atoms with Crippen molar-refractivity contribution < 1.29 is 48.9 Å². The van der Waals surface area contributed by atoms with E-state index in [2.05, 4.69) is 67.0 Å². The second-order valence-electron chi connectivity index (χ2n) is 31.8. The van der Waals surface area contributed by atoms with E-state index in [1.165, 1.54) is 9.78 Å². The molecule has 9 heterocycles. The van der Waals surface area contributed by atoms with Crippen molar-refractivity contribution in [3.05, 3.63) is 229 Å². The summed E-state index contributed by atoms with van der Waals surface area (Å²) in [5, 5.41) is 38.0. The molecule has 3 fully saturated rings. The molecule has 6 aliphatic rings. The van der Waals surface area contributed by atoms with E-state index in [0.717, 1.165) is 76.9 Å². The van der Waals surface area contributed by atoms with E-state index < -0.39 is 48.0 Å². The summed E-state index contributed by atoms with van der Waals surface area (Å²) in [6, 6.07) is 44.4. The molecule has 3 saturated heterocycles. The van der Waals surface area contributed by atoms with Crippen LogP contribution in [0.2, 0.25) is 0 Å². The lowest BCUT2D eigenvalue weighted by atomic mass is 9.94. The third-order valence-corrected chi connectivity index (χ3v) is 25.6. The molecule has 7 amide bonds. The van der Waals surface area contributed by atoms with Crippen LogP contribution in [0.25, 0.3) is 31.3 Å². The van der Waals surface area contributed by atoms with Gasteiger partial charge in [0.1, 0.15) is 29.5 Å². The van der Waals surface area contributed by atoms with E-state index in [0.29, 0.717) is 87.7 Å². The summed E-state index contributed by atoms with van der Waals surface area (Å²) >= 11 is 4.85. The molecule has 9 aromatic rings. The number of hydrogen-bond acceptors (Lipinski definition) is 18. The van der Waals surface area contributed by atoms with E-state index in [-0.39, 0.29) is 84.7 Å². The fourth-order valence-electron chi connectivity index (χ4n) is 16.7. The minimum atomic E-state index is -1.24.